The van der Waals surface area contributed by atoms with Gasteiger partial charge in [-0.2, -0.15) is 0 Å². The van der Waals surface area contributed by atoms with Crippen molar-refractivity contribution in [1.82, 2.24) is 9.62 Å². The molecule has 0 bridgehead atoms. The number of hydrogen-bond donors (Lipinski definition) is 2. The Kier molecular flexibility index (Phi) is 5.79. The topological polar surface area (TPSA) is 95.7 Å². The van der Waals surface area contributed by atoms with Crippen LogP contribution in [0.25, 0.3) is 0 Å². The molecule has 27 heavy (non-hydrogen) atoms. The third-order valence-corrected chi connectivity index (χ3v) is 6.14. The zero-order valence-corrected chi connectivity index (χ0v) is 16.1. The molecule has 3 N–H and O–H groups in total. The van der Waals surface area contributed by atoms with Crippen LogP contribution < -0.4 is 15.4 Å². The summed E-state index contributed by atoms with van der Waals surface area (Å²) in [5.74, 6) is -0.590. The van der Waals surface area contributed by atoms with E-state index < -0.39 is 15.9 Å². The van der Waals surface area contributed by atoms with Gasteiger partial charge in [-0.25, -0.2) is 13.1 Å². The molecule has 1 aliphatic rings. The van der Waals surface area contributed by atoms with Gasteiger partial charge in [0.05, 0.1) is 4.90 Å². The zero-order chi connectivity index (χ0) is 19.4. The summed E-state index contributed by atoms with van der Waals surface area (Å²) in [7, 11) is -1.54. The maximum atomic E-state index is 12.4. The van der Waals surface area contributed by atoms with Crippen LogP contribution in [0.15, 0.2) is 53.4 Å². The van der Waals surface area contributed by atoms with Crippen LogP contribution >= 0.6 is 0 Å². The highest BCUT2D eigenvalue weighted by atomic mass is 32.2. The van der Waals surface area contributed by atoms with Crippen LogP contribution in [0.2, 0.25) is 0 Å². The van der Waals surface area contributed by atoms with Crippen LogP contribution in [0.4, 0.5) is 5.69 Å². The van der Waals surface area contributed by atoms with E-state index >= 15 is 0 Å². The van der Waals surface area contributed by atoms with Gasteiger partial charge in [-0.15, -0.1) is 0 Å². The number of nitrogens with two attached hydrogens (primary N) is 1. The second kappa shape index (κ2) is 8.08. The number of rotatable bonds is 6. The van der Waals surface area contributed by atoms with Gasteiger partial charge in [0.1, 0.15) is 0 Å². The first-order chi connectivity index (χ1) is 12.8. The highest BCUT2D eigenvalue weighted by Crippen LogP contribution is 2.17. The smallest absolute Gasteiger partial charge is 0.248 e. The van der Waals surface area contributed by atoms with Crippen LogP contribution in [0.5, 0.6) is 0 Å². The highest BCUT2D eigenvalue weighted by Gasteiger charge is 2.16. The number of piperazine rings is 1. The molecule has 144 valence electrons. The maximum absolute atomic E-state index is 12.4. The van der Waals surface area contributed by atoms with Gasteiger partial charge < -0.3 is 15.5 Å². The minimum Gasteiger partial charge on any atom is -0.369 e. The van der Waals surface area contributed by atoms with E-state index in [1.54, 1.807) is 0 Å². The Balaban J connectivity index is 1.61. The molecule has 2 aromatic rings. The maximum Gasteiger partial charge on any atom is 0.248 e. The van der Waals surface area contributed by atoms with Gasteiger partial charge in [0.25, 0.3) is 0 Å². The normalized spacial score (nSPS) is 15.7. The van der Waals surface area contributed by atoms with Gasteiger partial charge in [-0.1, -0.05) is 12.1 Å². The summed E-state index contributed by atoms with van der Waals surface area (Å²) < 4.78 is 27.4. The molecule has 1 saturated heterocycles. The van der Waals surface area contributed by atoms with Gasteiger partial charge in [0.2, 0.25) is 15.9 Å². The van der Waals surface area contributed by atoms with Gasteiger partial charge in [-0.3, -0.25) is 4.79 Å². The fourth-order valence-electron chi connectivity index (χ4n) is 2.95. The molecule has 0 unspecified atom stereocenters. The average molecular weight is 388 g/mol. The Hall–Kier alpha value is -2.42. The van der Waals surface area contributed by atoms with Crippen LogP contribution in [0.1, 0.15) is 15.9 Å². The van der Waals surface area contributed by atoms with E-state index in [1.165, 1.54) is 24.3 Å². The molecule has 8 heteroatoms. The second-order valence-electron chi connectivity index (χ2n) is 6.67. The van der Waals surface area contributed by atoms with Gasteiger partial charge in [0, 0.05) is 44.0 Å². The molecule has 1 amide bonds. The van der Waals surface area contributed by atoms with Crippen LogP contribution in [-0.2, 0) is 16.6 Å². The van der Waals surface area contributed by atoms with Crippen molar-refractivity contribution in [2.24, 2.45) is 5.73 Å². The second-order valence-corrected chi connectivity index (χ2v) is 8.44. The summed E-state index contributed by atoms with van der Waals surface area (Å²) in [6.07, 6.45) is 0. The van der Waals surface area contributed by atoms with E-state index in [1.807, 2.05) is 24.3 Å². The monoisotopic (exact) mass is 388 g/mol. The van der Waals surface area contributed by atoms with Crippen molar-refractivity contribution in [2.75, 3.05) is 38.1 Å². The van der Waals surface area contributed by atoms with Crippen molar-refractivity contribution in [2.45, 2.75) is 11.4 Å². The molecule has 1 fully saturated rings. The Labute approximate surface area is 159 Å². The minimum absolute atomic E-state index is 0.0987. The Morgan fingerprint density at radius 3 is 2.15 bits per heavy atom. The summed E-state index contributed by atoms with van der Waals surface area (Å²) >= 11 is 0. The number of hydrogen-bond acceptors (Lipinski definition) is 5. The first-order valence-corrected chi connectivity index (χ1v) is 10.3. The van der Waals surface area contributed by atoms with Crippen LogP contribution in [-0.4, -0.2) is 52.5 Å². The van der Waals surface area contributed by atoms with E-state index in [0.717, 1.165) is 37.4 Å². The molecule has 2 aromatic carbocycles. The molecule has 1 heterocycles. The van der Waals surface area contributed by atoms with E-state index in [0.29, 0.717) is 0 Å². The molecule has 0 atom stereocenters. The number of amides is 1. The fraction of sp³-hybridized carbons (Fsp3) is 0.316. The minimum atomic E-state index is -3.66. The van der Waals surface area contributed by atoms with Crippen molar-refractivity contribution in [1.29, 1.82) is 0 Å². The molecule has 0 spiro atoms. The number of carbonyl (C=O) groups is 1. The summed E-state index contributed by atoms with van der Waals surface area (Å²) in [4.78, 5) is 15.8. The fourth-order valence-corrected chi connectivity index (χ4v) is 3.97. The number of likely N-dealkylation sites (N-methyl/N-ethyl adjacent to an activating group) is 1. The SMILES string of the molecule is CN1CCN(c2ccc(CNS(=O)(=O)c3ccc(C(N)=O)cc3)cc2)CC1. The van der Waals surface area contributed by atoms with E-state index in [2.05, 4.69) is 21.6 Å². The zero-order valence-electron chi connectivity index (χ0n) is 15.3. The molecular formula is C19H24N4O3S. The molecule has 3 rings (SSSR count). The summed E-state index contributed by atoms with van der Waals surface area (Å²) in [5, 5.41) is 0. The van der Waals surface area contributed by atoms with Crippen molar-refractivity contribution >= 4 is 21.6 Å². The Bertz CT molecular complexity index is 888. The van der Waals surface area contributed by atoms with Crippen LogP contribution in [0.3, 0.4) is 0 Å². The quantitative estimate of drug-likeness (QED) is 0.770. The van der Waals surface area contributed by atoms with E-state index in [-0.39, 0.29) is 17.0 Å². The lowest BCUT2D eigenvalue weighted by molar-refractivity contribution is 0.1000. The summed E-state index contributed by atoms with van der Waals surface area (Å²) in [6.45, 7) is 4.25. The highest BCUT2D eigenvalue weighted by molar-refractivity contribution is 7.89. The number of carbonyl (C=O) groups excluding carboxylic acids is 1. The lowest BCUT2D eigenvalue weighted by Crippen LogP contribution is -2.44. The lowest BCUT2D eigenvalue weighted by Gasteiger charge is -2.34. The predicted molar refractivity (Wildman–Crippen MR) is 105 cm³/mol. The molecule has 0 radical (unpaired) electrons. The van der Waals surface area contributed by atoms with Gasteiger partial charge in [0.15, 0.2) is 0 Å². The molecular weight excluding hydrogens is 364 g/mol. The molecule has 0 aliphatic carbocycles. The third-order valence-electron chi connectivity index (χ3n) is 4.72. The van der Waals surface area contributed by atoms with Gasteiger partial charge in [-0.05, 0) is 49.0 Å². The number of anilines is 1. The third kappa shape index (κ3) is 4.85. The Morgan fingerprint density at radius 1 is 1.00 bits per heavy atom. The van der Waals surface area contributed by atoms with Crippen molar-refractivity contribution in [3.05, 3.63) is 59.7 Å². The van der Waals surface area contributed by atoms with Gasteiger partial charge >= 0.3 is 0 Å². The van der Waals surface area contributed by atoms with E-state index in [4.69, 9.17) is 5.73 Å². The number of nitrogens with one attached hydrogen (secondary N) is 1. The average Bonchev–Trinajstić information content (AvgIpc) is 2.67. The van der Waals surface area contributed by atoms with Crippen molar-refractivity contribution in [3.63, 3.8) is 0 Å². The number of primary amides is 1. The van der Waals surface area contributed by atoms with Crippen LogP contribution in [0, 0.1) is 0 Å². The summed E-state index contributed by atoms with van der Waals surface area (Å²) in [5.41, 5.74) is 7.47. The lowest BCUT2D eigenvalue weighted by atomic mass is 10.2. The van der Waals surface area contributed by atoms with E-state index in [9.17, 15) is 13.2 Å². The van der Waals surface area contributed by atoms with Crippen molar-refractivity contribution < 1.29 is 13.2 Å². The number of nitrogens with zero attached hydrogens (tertiary/aromatic N) is 2. The molecule has 0 aromatic heterocycles. The first-order valence-electron chi connectivity index (χ1n) is 8.77. The largest absolute Gasteiger partial charge is 0.369 e. The molecule has 1 aliphatic heterocycles. The molecule has 0 saturated carbocycles. The number of benzene rings is 2. The standard InChI is InChI=1S/C19H24N4O3S/c1-22-10-12-23(13-11-22)17-6-2-15(3-7-17)14-21-27(25,26)18-8-4-16(5-9-18)19(20)24/h2-9,21H,10-14H2,1H3,(H2,20,24). The number of sulfonamides is 1. The molecule has 7 nitrogen and oxygen atoms in total. The van der Waals surface area contributed by atoms with Crippen molar-refractivity contribution in [3.8, 4) is 0 Å². The predicted octanol–water partition coefficient (Wildman–Crippen LogP) is 1.02. The Morgan fingerprint density at radius 2 is 1.59 bits per heavy atom. The summed E-state index contributed by atoms with van der Waals surface area (Å²) in [6, 6.07) is 13.5. The first kappa shape index (κ1) is 19.3.